The predicted octanol–water partition coefficient (Wildman–Crippen LogP) is 6.18. The van der Waals surface area contributed by atoms with Crippen molar-refractivity contribution in [3.05, 3.63) is 102 Å². The molecule has 0 radical (unpaired) electrons. The van der Waals surface area contributed by atoms with Crippen LogP contribution in [-0.2, 0) is 18.3 Å². The molecule has 3 rings (SSSR count). The highest BCUT2D eigenvalue weighted by Crippen LogP contribution is 2.34. The van der Waals surface area contributed by atoms with Gasteiger partial charge >= 0.3 is 6.18 Å². The van der Waals surface area contributed by atoms with E-state index < -0.39 is 17.3 Å². The number of hydrogen-bond acceptors (Lipinski definition) is 2. The van der Waals surface area contributed by atoms with E-state index in [1.165, 1.54) is 17.7 Å². The molecule has 0 heterocycles. The maximum atomic E-state index is 12.8. The Kier molecular flexibility index (Phi) is 6.60. The molecule has 0 aliphatic rings. The fourth-order valence-corrected chi connectivity index (χ4v) is 3.17. The van der Waals surface area contributed by atoms with Crippen LogP contribution in [0.3, 0.4) is 0 Å². The lowest BCUT2D eigenvalue weighted by Gasteiger charge is -2.32. The first-order valence-corrected chi connectivity index (χ1v) is 9.53. The van der Waals surface area contributed by atoms with Gasteiger partial charge in [0.05, 0.1) is 5.56 Å². The van der Waals surface area contributed by atoms with Gasteiger partial charge in [0.25, 0.3) is 0 Å². The van der Waals surface area contributed by atoms with E-state index in [4.69, 9.17) is 4.74 Å². The molecule has 1 atom stereocenters. The standard InChI is InChI=1S/C24H24F3NO/c1-23(20-10-6-3-7-11-20,16-17-28-18-19-8-4-2-5-9-19)29-22-14-12-21(13-15-22)24(25,26)27/h2-15,28H,16-18H2,1H3. The van der Waals surface area contributed by atoms with E-state index in [1.54, 1.807) is 0 Å². The first kappa shape index (κ1) is 20.9. The Morgan fingerprint density at radius 2 is 1.34 bits per heavy atom. The van der Waals surface area contributed by atoms with Crippen molar-refractivity contribution in [3.8, 4) is 5.75 Å². The van der Waals surface area contributed by atoms with E-state index in [1.807, 2.05) is 55.5 Å². The third-order valence-corrected chi connectivity index (χ3v) is 4.86. The van der Waals surface area contributed by atoms with Crippen molar-refractivity contribution in [2.45, 2.75) is 31.7 Å². The minimum Gasteiger partial charge on any atom is -0.483 e. The van der Waals surface area contributed by atoms with Crippen LogP contribution in [0.1, 0.15) is 30.0 Å². The second-order valence-electron chi connectivity index (χ2n) is 7.13. The van der Waals surface area contributed by atoms with E-state index in [9.17, 15) is 13.2 Å². The van der Waals surface area contributed by atoms with E-state index in [-0.39, 0.29) is 0 Å². The van der Waals surface area contributed by atoms with Crippen molar-refractivity contribution in [3.63, 3.8) is 0 Å². The summed E-state index contributed by atoms with van der Waals surface area (Å²) in [4.78, 5) is 0. The molecule has 0 aromatic heterocycles. The highest BCUT2D eigenvalue weighted by molar-refractivity contribution is 5.31. The molecule has 1 N–H and O–H groups in total. The Bertz CT molecular complexity index is 880. The second kappa shape index (κ2) is 9.14. The van der Waals surface area contributed by atoms with Crippen LogP contribution in [0.2, 0.25) is 0 Å². The van der Waals surface area contributed by atoms with E-state index in [0.29, 0.717) is 18.7 Å². The third-order valence-electron chi connectivity index (χ3n) is 4.86. The van der Waals surface area contributed by atoms with Crippen LogP contribution in [0, 0.1) is 0 Å². The monoisotopic (exact) mass is 399 g/mol. The summed E-state index contributed by atoms with van der Waals surface area (Å²) in [6.45, 7) is 3.40. The van der Waals surface area contributed by atoms with Crippen LogP contribution in [-0.4, -0.2) is 6.54 Å². The van der Waals surface area contributed by atoms with Crippen molar-refractivity contribution in [2.24, 2.45) is 0 Å². The summed E-state index contributed by atoms with van der Waals surface area (Å²) in [6, 6.07) is 24.7. The molecule has 0 bridgehead atoms. The fraction of sp³-hybridized carbons (Fsp3) is 0.250. The van der Waals surface area contributed by atoms with Gasteiger partial charge in [0.15, 0.2) is 0 Å². The average Bonchev–Trinajstić information content (AvgIpc) is 2.72. The molecule has 0 saturated heterocycles. The number of hydrogen-bond donors (Lipinski definition) is 1. The Morgan fingerprint density at radius 3 is 1.93 bits per heavy atom. The largest absolute Gasteiger partial charge is 0.483 e. The van der Waals surface area contributed by atoms with Crippen LogP contribution in [0.5, 0.6) is 5.75 Å². The van der Waals surface area contributed by atoms with Gasteiger partial charge in [-0.15, -0.1) is 0 Å². The maximum absolute atomic E-state index is 12.8. The zero-order valence-electron chi connectivity index (χ0n) is 16.2. The molecule has 0 spiro atoms. The summed E-state index contributed by atoms with van der Waals surface area (Å²) in [5.41, 5.74) is 0.805. The van der Waals surface area contributed by atoms with Gasteiger partial charge in [0.1, 0.15) is 11.4 Å². The SMILES string of the molecule is CC(CCNCc1ccccc1)(Oc1ccc(C(F)(F)F)cc1)c1ccccc1. The maximum Gasteiger partial charge on any atom is 0.416 e. The number of ether oxygens (including phenoxy) is 1. The van der Waals surface area contributed by atoms with Gasteiger partial charge in [-0.2, -0.15) is 13.2 Å². The molecular formula is C24H24F3NO. The van der Waals surface area contributed by atoms with Gasteiger partial charge in [-0.25, -0.2) is 0 Å². The summed E-state index contributed by atoms with van der Waals surface area (Å²) < 4.78 is 44.7. The van der Waals surface area contributed by atoms with Crippen LogP contribution < -0.4 is 10.1 Å². The second-order valence-corrected chi connectivity index (χ2v) is 7.13. The van der Waals surface area contributed by atoms with E-state index in [0.717, 1.165) is 24.2 Å². The fourth-order valence-electron chi connectivity index (χ4n) is 3.17. The molecule has 3 aromatic rings. The number of halogens is 3. The first-order chi connectivity index (χ1) is 13.9. The normalized spacial score (nSPS) is 13.7. The number of alkyl halides is 3. The lowest BCUT2D eigenvalue weighted by Crippen LogP contribution is -2.33. The van der Waals surface area contributed by atoms with Crippen molar-refractivity contribution in [2.75, 3.05) is 6.54 Å². The Labute approximate surface area is 169 Å². The molecule has 5 heteroatoms. The summed E-state index contributed by atoms with van der Waals surface area (Å²) in [6.07, 6.45) is -3.70. The number of rotatable bonds is 8. The van der Waals surface area contributed by atoms with Crippen molar-refractivity contribution >= 4 is 0 Å². The summed E-state index contributed by atoms with van der Waals surface area (Å²) in [7, 11) is 0. The van der Waals surface area contributed by atoms with Gasteiger partial charge in [-0.3, -0.25) is 0 Å². The highest BCUT2D eigenvalue weighted by Gasteiger charge is 2.31. The molecule has 152 valence electrons. The summed E-state index contributed by atoms with van der Waals surface area (Å²) in [5, 5.41) is 3.41. The van der Waals surface area contributed by atoms with Gasteiger partial charge in [-0.05, 0) is 48.9 Å². The quantitative estimate of drug-likeness (QED) is 0.457. The van der Waals surface area contributed by atoms with E-state index in [2.05, 4.69) is 17.4 Å². The number of benzene rings is 3. The Balaban J connectivity index is 1.70. The van der Waals surface area contributed by atoms with Gasteiger partial charge in [0.2, 0.25) is 0 Å². The molecule has 0 aliphatic heterocycles. The summed E-state index contributed by atoms with van der Waals surface area (Å²) in [5.74, 6) is 0.410. The molecule has 29 heavy (non-hydrogen) atoms. The highest BCUT2D eigenvalue weighted by atomic mass is 19.4. The van der Waals surface area contributed by atoms with Crippen LogP contribution >= 0.6 is 0 Å². The predicted molar refractivity (Wildman–Crippen MR) is 109 cm³/mol. The number of nitrogens with one attached hydrogen (secondary N) is 1. The molecule has 1 unspecified atom stereocenters. The minimum atomic E-state index is -4.36. The third kappa shape index (κ3) is 5.84. The van der Waals surface area contributed by atoms with E-state index >= 15 is 0 Å². The van der Waals surface area contributed by atoms with Crippen molar-refractivity contribution in [1.82, 2.24) is 5.32 Å². The average molecular weight is 399 g/mol. The molecular weight excluding hydrogens is 375 g/mol. The zero-order valence-corrected chi connectivity index (χ0v) is 16.2. The van der Waals surface area contributed by atoms with Crippen LogP contribution in [0.4, 0.5) is 13.2 Å². The zero-order chi connectivity index (χ0) is 20.7. The van der Waals surface area contributed by atoms with Gasteiger partial charge < -0.3 is 10.1 Å². The lowest BCUT2D eigenvalue weighted by atomic mass is 9.92. The minimum absolute atomic E-state index is 0.410. The van der Waals surface area contributed by atoms with Gasteiger partial charge in [0, 0.05) is 13.0 Å². The molecule has 0 fully saturated rings. The molecule has 3 aromatic carbocycles. The smallest absolute Gasteiger partial charge is 0.416 e. The van der Waals surface area contributed by atoms with Gasteiger partial charge in [-0.1, -0.05) is 60.7 Å². The summed E-state index contributed by atoms with van der Waals surface area (Å²) >= 11 is 0. The van der Waals surface area contributed by atoms with Crippen molar-refractivity contribution < 1.29 is 17.9 Å². The van der Waals surface area contributed by atoms with Crippen LogP contribution in [0.25, 0.3) is 0 Å². The molecule has 0 saturated carbocycles. The first-order valence-electron chi connectivity index (χ1n) is 9.53. The van der Waals surface area contributed by atoms with Crippen molar-refractivity contribution in [1.29, 1.82) is 0 Å². The lowest BCUT2D eigenvalue weighted by molar-refractivity contribution is -0.137. The molecule has 0 amide bonds. The Hall–Kier alpha value is -2.79. The molecule has 2 nitrogen and oxygen atoms in total. The topological polar surface area (TPSA) is 21.3 Å². The van der Waals surface area contributed by atoms with Crippen LogP contribution in [0.15, 0.2) is 84.9 Å². The molecule has 0 aliphatic carbocycles. The Morgan fingerprint density at radius 1 is 0.759 bits per heavy atom.